The monoisotopic (exact) mass is 550 g/mol. The van der Waals surface area contributed by atoms with Crippen molar-refractivity contribution in [3.63, 3.8) is 0 Å². The average molecular weight is 551 g/mol. The molecule has 40 heavy (non-hydrogen) atoms. The number of hydrogen-bond acceptors (Lipinski definition) is 6. The standard InChI is InChI=1S/C17H16O3.C11H12O3.3C2H6/c1-3-12-19-15-10-6-14(7-11-15)17(18)20-16-8-4-13(2)5-9-16;1-3-8-14-10-6-4-9(5-7-10)11(12)13-2;3*1-2/h3-11H,1,12H2,2H3;3-7H,1,8H2,2H3;3*1-2H3. The molecule has 0 unspecified atom stereocenters. The highest BCUT2D eigenvalue weighted by atomic mass is 16.5. The molecule has 0 spiro atoms. The van der Waals surface area contributed by atoms with Gasteiger partial charge in [0.25, 0.3) is 0 Å². The van der Waals surface area contributed by atoms with Crippen molar-refractivity contribution in [3.8, 4) is 17.2 Å². The lowest BCUT2D eigenvalue weighted by molar-refractivity contribution is 0.0600. The summed E-state index contributed by atoms with van der Waals surface area (Å²) in [7, 11) is 1.35. The van der Waals surface area contributed by atoms with Gasteiger partial charge in [0.15, 0.2) is 0 Å². The van der Waals surface area contributed by atoms with Crippen LogP contribution < -0.4 is 14.2 Å². The molecule has 0 bridgehead atoms. The van der Waals surface area contributed by atoms with Gasteiger partial charge in [0.1, 0.15) is 30.5 Å². The van der Waals surface area contributed by atoms with E-state index < -0.39 is 0 Å². The second kappa shape index (κ2) is 25.0. The zero-order chi connectivity index (χ0) is 30.8. The minimum Gasteiger partial charge on any atom is -0.490 e. The van der Waals surface area contributed by atoms with E-state index in [4.69, 9.17) is 14.2 Å². The third kappa shape index (κ3) is 15.8. The van der Waals surface area contributed by atoms with Gasteiger partial charge in [-0.3, -0.25) is 0 Å². The van der Waals surface area contributed by atoms with Crippen LogP contribution >= 0.6 is 0 Å². The number of rotatable bonds is 9. The molecule has 6 heteroatoms. The van der Waals surface area contributed by atoms with Gasteiger partial charge in [0, 0.05) is 0 Å². The molecule has 6 nitrogen and oxygen atoms in total. The van der Waals surface area contributed by atoms with Gasteiger partial charge in [-0.25, -0.2) is 9.59 Å². The molecule has 3 aromatic rings. The first-order chi connectivity index (χ1) is 19.5. The Kier molecular flexibility index (Phi) is 23.6. The maximum absolute atomic E-state index is 11.9. The lowest BCUT2D eigenvalue weighted by Gasteiger charge is -2.06. The molecule has 0 saturated carbocycles. The van der Waals surface area contributed by atoms with Gasteiger partial charge in [0.05, 0.1) is 18.2 Å². The minimum absolute atomic E-state index is 0.347. The lowest BCUT2D eigenvalue weighted by atomic mass is 10.2. The first kappa shape index (κ1) is 37.8. The van der Waals surface area contributed by atoms with Crippen LogP contribution in [0.15, 0.2) is 98.1 Å². The number of hydrogen-bond donors (Lipinski definition) is 0. The van der Waals surface area contributed by atoms with Crippen molar-refractivity contribution >= 4 is 11.9 Å². The largest absolute Gasteiger partial charge is 0.490 e. The van der Waals surface area contributed by atoms with Gasteiger partial charge in [-0.15, -0.1) is 0 Å². The summed E-state index contributed by atoms with van der Waals surface area (Å²) in [6.45, 7) is 22.0. The summed E-state index contributed by atoms with van der Waals surface area (Å²) in [6.07, 6.45) is 3.33. The van der Waals surface area contributed by atoms with Crippen molar-refractivity contribution in [1.82, 2.24) is 0 Å². The quantitative estimate of drug-likeness (QED) is 0.150. The van der Waals surface area contributed by atoms with Crippen LogP contribution in [0.5, 0.6) is 17.2 Å². The van der Waals surface area contributed by atoms with Gasteiger partial charge < -0.3 is 18.9 Å². The number of benzene rings is 3. The molecule has 0 atom stereocenters. The predicted octanol–water partition coefficient (Wildman–Crippen LogP) is 8.90. The van der Waals surface area contributed by atoms with E-state index in [1.165, 1.54) is 7.11 Å². The summed E-state index contributed by atoms with van der Waals surface area (Å²) >= 11 is 0. The van der Waals surface area contributed by atoms with Crippen LogP contribution in [0.25, 0.3) is 0 Å². The molecule has 3 rings (SSSR count). The Hall–Kier alpha value is -4.32. The second-order valence-electron chi connectivity index (χ2n) is 6.94. The summed E-state index contributed by atoms with van der Waals surface area (Å²) in [4.78, 5) is 23.0. The van der Waals surface area contributed by atoms with E-state index in [1.807, 2.05) is 60.6 Å². The maximum Gasteiger partial charge on any atom is 0.343 e. The van der Waals surface area contributed by atoms with E-state index in [9.17, 15) is 9.59 Å². The molecular weight excluding hydrogens is 504 g/mol. The van der Waals surface area contributed by atoms with E-state index in [-0.39, 0.29) is 11.9 Å². The Bertz CT molecular complexity index is 1070. The van der Waals surface area contributed by atoms with Gasteiger partial charge in [0.2, 0.25) is 0 Å². The molecule has 0 aliphatic heterocycles. The first-order valence-electron chi connectivity index (χ1n) is 13.5. The molecule has 0 fully saturated rings. The van der Waals surface area contributed by atoms with Crippen molar-refractivity contribution in [2.45, 2.75) is 48.5 Å². The van der Waals surface area contributed by atoms with E-state index in [1.54, 1.807) is 72.8 Å². The second-order valence-corrected chi connectivity index (χ2v) is 6.94. The normalized spacial score (nSPS) is 8.60. The Morgan fingerprint density at radius 1 is 0.600 bits per heavy atom. The predicted molar refractivity (Wildman–Crippen MR) is 166 cm³/mol. The SMILES string of the molecule is C=CCOc1ccc(C(=O)OC)cc1.C=CCOc1ccc(C(=O)Oc2ccc(C)cc2)cc1.CC.CC.CC. The maximum atomic E-state index is 11.9. The van der Waals surface area contributed by atoms with Crippen LogP contribution in [0.3, 0.4) is 0 Å². The highest BCUT2D eigenvalue weighted by Crippen LogP contribution is 2.16. The van der Waals surface area contributed by atoms with Crippen LogP contribution in [0.4, 0.5) is 0 Å². The fourth-order valence-corrected chi connectivity index (χ4v) is 2.57. The minimum atomic E-state index is -0.385. The molecule has 0 saturated heterocycles. The highest BCUT2D eigenvalue weighted by molar-refractivity contribution is 5.91. The first-order valence-corrected chi connectivity index (χ1v) is 13.5. The molecule has 0 aliphatic carbocycles. The highest BCUT2D eigenvalue weighted by Gasteiger charge is 2.08. The number of carbonyl (C=O) groups excluding carboxylic acids is 2. The van der Waals surface area contributed by atoms with Crippen molar-refractivity contribution in [2.24, 2.45) is 0 Å². The van der Waals surface area contributed by atoms with Gasteiger partial charge >= 0.3 is 11.9 Å². The molecule has 0 aromatic heterocycles. The Morgan fingerprint density at radius 2 is 0.950 bits per heavy atom. The molecule has 0 radical (unpaired) electrons. The smallest absolute Gasteiger partial charge is 0.343 e. The molecular formula is C34H46O6. The summed E-state index contributed by atoms with van der Waals surface area (Å²) in [5, 5.41) is 0. The zero-order valence-electron chi connectivity index (χ0n) is 25.4. The van der Waals surface area contributed by atoms with Crippen molar-refractivity contribution in [2.75, 3.05) is 20.3 Å². The van der Waals surface area contributed by atoms with Gasteiger partial charge in [-0.1, -0.05) is 84.5 Å². The van der Waals surface area contributed by atoms with Crippen molar-refractivity contribution in [1.29, 1.82) is 0 Å². The molecule has 218 valence electrons. The van der Waals surface area contributed by atoms with Crippen molar-refractivity contribution in [3.05, 3.63) is 115 Å². The van der Waals surface area contributed by atoms with Gasteiger partial charge in [-0.05, 0) is 67.6 Å². The van der Waals surface area contributed by atoms with E-state index >= 15 is 0 Å². The van der Waals surface area contributed by atoms with E-state index in [2.05, 4.69) is 17.9 Å². The van der Waals surface area contributed by atoms with Crippen LogP contribution in [0.1, 0.15) is 67.8 Å². The summed E-state index contributed by atoms with van der Waals surface area (Å²) in [5.74, 6) is 1.20. The zero-order valence-corrected chi connectivity index (χ0v) is 25.4. The Balaban J connectivity index is 0. The molecule has 0 N–H and O–H groups in total. The third-order valence-corrected chi connectivity index (χ3v) is 4.33. The molecule has 0 heterocycles. The van der Waals surface area contributed by atoms with Crippen LogP contribution in [-0.4, -0.2) is 32.3 Å². The summed E-state index contributed by atoms with van der Waals surface area (Å²) in [5.41, 5.74) is 2.11. The summed E-state index contributed by atoms with van der Waals surface area (Å²) < 4.78 is 20.4. The number of esters is 2. The average Bonchev–Trinajstić information content (AvgIpc) is 3.03. The molecule has 3 aromatic carbocycles. The fraction of sp³-hybridized carbons (Fsp3) is 0.294. The van der Waals surface area contributed by atoms with Gasteiger partial charge in [-0.2, -0.15) is 0 Å². The van der Waals surface area contributed by atoms with Crippen LogP contribution in [0, 0.1) is 6.92 Å². The Labute approximate surface area is 241 Å². The fourth-order valence-electron chi connectivity index (χ4n) is 2.57. The molecule has 0 aliphatic rings. The number of aryl methyl sites for hydroxylation is 1. The Morgan fingerprint density at radius 3 is 1.30 bits per heavy atom. The van der Waals surface area contributed by atoms with E-state index in [0.717, 1.165) is 5.56 Å². The number of ether oxygens (including phenoxy) is 4. The van der Waals surface area contributed by atoms with Crippen LogP contribution in [-0.2, 0) is 4.74 Å². The van der Waals surface area contributed by atoms with E-state index in [0.29, 0.717) is 41.6 Å². The van der Waals surface area contributed by atoms with Crippen molar-refractivity contribution < 1.29 is 28.5 Å². The number of carbonyl (C=O) groups is 2. The number of methoxy groups -OCH3 is 1. The summed E-state index contributed by atoms with van der Waals surface area (Å²) in [6, 6.07) is 20.9. The molecule has 0 amide bonds. The lowest BCUT2D eigenvalue weighted by Crippen LogP contribution is -2.08. The third-order valence-electron chi connectivity index (χ3n) is 4.33. The van der Waals surface area contributed by atoms with Crippen LogP contribution in [0.2, 0.25) is 0 Å². The topological polar surface area (TPSA) is 71.1 Å².